The highest BCUT2D eigenvalue weighted by molar-refractivity contribution is 6.33. The summed E-state index contributed by atoms with van der Waals surface area (Å²) in [5.74, 6) is 1.37. The van der Waals surface area contributed by atoms with Gasteiger partial charge in [-0.25, -0.2) is 0 Å². The molecule has 0 saturated carbocycles. The van der Waals surface area contributed by atoms with Gasteiger partial charge in [0.15, 0.2) is 11.5 Å². The smallest absolute Gasteiger partial charge is 0.238 e. The number of anilines is 1. The van der Waals surface area contributed by atoms with Gasteiger partial charge in [0.05, 0.1) is 17.3 Å². The average Bonchev–Trinajstić information content (AvgIpc) is 2.56. The fourth-order valence-electron chi connectivity index (χ4n) is 2.56. The lowest BCUT2D eigenvalue weighted by Crippen LogP contribution is -2.42. The van der Waals surface area contributed by atoms with Crippen molar-refractivity contribution in [3.05, 3.63) is 53.6 Å². The number of carbonyl (C=O) groups excluding carboxylic acids is 1. The van der Waals surface area contributed by atoms with Crippen LogP contribution in [0.3, 0.4) is 0 Å². The highest BCUT2D eigenvalue weighted by Crippen LogP contribution is 2.30. The quantitative estimate of drug-likeness (QED) is 0.904. The van der Waals surface area contributed by atoms with Crippen molar-refractivity contribution >= 4 is 23.2 Å². The van der Waals surface area contributed by atoms with Gasteiger partial charge in [-0.05, 0) is 31.3 Å². The third-order valence-electron chi connectivity index (χ3n) is 3.64. The van der Waals surface area contributed by atoms with Crippen LogP contribution in [-0.4, -0.2) is 43.7 Å². The minimum Gasteiger partial charge on any atom is -0.486 e. The number of hydrogen-bond donors (Lipinski definition) is 1. The first-order valence-electron chi connectivity index (χ1n) is 7.73. The van der Waals surface area contributed by atoms with Crippen molar-refractivity contribution in [1.29, 1.82) is 0 Å². The number of para-hydroxylation sites is 3. The molecule has 1 atom stereocenters. The number of nitrogens with one attached hydrogen (secondary N) is 1. The number of likely N-dealkylation sites (N-methyl/N-ethyl adjacent to an activating group) is 1. The zero-order chi connectivity index (χ0) is 16.9. The standard InChI is InChI=1S/C18H19ClN2O3/c1-21(11-18(22)20-15-7-3-2-6-14(15)19)10-13-12-23-16-8-4-5-9-17(16)24-13/h2-9,13H,10-12H2,1H3,(H,20,22)/t13-/m0/s1. The third-order valence-corrected chi connectivity index (χ3v) is 3.97. The van der Waals surface area contributed by atoms with Gasteiger partial charge in [-0.3, -0.25) is 9.69 Å². The van der Waals surface area contributed by atoms with E-state index in [1.165, 1.54) is 0 Å². The summed E-state index contributed by atoms with van der Waals surface area (Å²) in [6.45, 7) is 1.30. The summed E-state index contributed by atoms with van der Waals surface area (Å²) < 4.78 is 11.6. The summed E-state index contributed by atoms with van der Waals surface area (Å²) >= 11 is 6.04. The molecule has 0 aliphatic carbocycles. The van der Waals surface area contributed by atoms with Gasteiger partial charge in [-0.15, -0.1) is 0 Å². The molecule has 1 heterocycles. The molecule has 0 radical (unpaired) electrons. The highest BCUT2D eigenvalue weighted by Gasteiger charge is 2.22. The van der Waals surface area contributed by atoms with E-state index in [9.17, 15) is 4.79 Å². The SMILES string of the molecule is CN(CC(=O)Nc1ccccc1Cl)C[C@H]1COc2ccccc2O1. The van der Waals surface area contributed by atoms with Gasteiger partial charge < -0.3 is 14.8 Å². The topological polar surface area (TPSA) is 50.8 Å². The molecule has 2 aromatic carbocycles. The third kappa shape index (κ3) is 4.19. The van der Waals surface area contributed by atoms with Gasteiger partial charge >= 0.3 is 0 Å². The fourth-order valence-corrected chi connectivity index (χ4v) is 2.75. The first-order valence-corrected chi connectivity index (χ1v) is 8.11. The molecule has 0 saturated heterocycles. The number of rotatable bonds is 5. The Bertz CT molecular complexity index is 723. The van der Waals surface area contributed by atoms with Crippen molar-refractivity contribution in [3.8, 4) is 11.5 Å². The van der Waals surface area contributed by atoms with E-state index in [1.54, 1.807) is 12.1 Å². The molecule has 5 nitrogen and oxygen atoms in total. The lowest BCUT2D eigenvalue weighted by Gasteiger charge is -2.29. The normalized spacial score (nSPS) is 16.0. The molecular weight excluding hydrogens is 328 g/mol. The first kappa shape index (κ1) is 16.6. The number of fused-ring (bicyclic) bond motifs is 1. The summed E-state index contributed by atoms with van der Waals surface area (Å²) in [6, 6.07) is 14.7. The molecule has 0 fully saturated rings. The minimum absolute atomic E-state index is 0.113. The number of halogens is 1. The molecule has 0 unspecified atom stereocenters. The number of benzene rings is 2. The van der Waals surface area contributed by atoms with E-state index in [4.69, 9.17) is 21.1 Å². The van der Waals surface area contributed by atoms with Crippen LogP contribution in [-0.2, 0) is 4.79 Å². The van der Waals surface area contributed by atoms with Crippen molar-refractivity contribution in [1.82, 2.24) is 4.90 Å². The van der Waals surface area contributed by atoms with Gasteiger partial charge in [0.2, 0.25) is 5.91 Å². The van der Waals surface area contributed by atoms with Crippen molar-refractivity contribution < 1.29 is 14.3 Å². The van der Waals surface area contributed by atoms with Crippen molar-refractivity contribution in [2.75, 3.05) is 32.1 Å². The Morgan fingerprint density at radius 3 is 2.71 bits per heavy atom. The van der Waals surface area contributed by atoms with Gasteiger partial charge in [-0.2, -0.15) is 0 Å². The van der Waals surface area contributed by atoms with E-state index >= 15 is 0 Å². The molecular formula is C18H19ClN2O3. The van der Waals surface area contributed by atoms with Crippen LogP contribution in [0.1, 0.15) is 0 Å². The predicted octanol–water partition coefficient (Wildman–Crippen LogP) is 3.05. The Hall–Kier alpha value is -2.24. The first-order chi connectivity index (χ1) is 11.6. The molecule has 2 aromatic rings. The summed E-state index contributed by atoms with van der Waals surface area (Å²) in [5.41, 5.74) is 0.615. The predicted molar refractivity (Wildman–Crippen MR) is 93.9 cm³/mol. The number of nitrogens with zero attached hydrogens (tertiary/aromatic N) is 1. The van der Waals surface area contributed by atoms with E-state index in [1.807, 2.05) is 48.3 Å². The minimum atomic E-state index is -0.122. The van der Waals surface area contributed by atoms with Crippen LogP contribution < -0.4 is 14.8 Å². The lowest BCUT2D eigenvalue weighted by atomic mass is 10.2. The molecule has 1 N–H and O–H groups in total. The molecule has 1 amide bonds. The van der Waals surface area contributed by atoms with E-state index in [0.29, 0.717) is 23.9 Å². The molecule has 24 heavy (non-hydrogen) atoms. The lowest BCUT2D eigenvalue weighted by molar-refractivity contribution is -0.117. The van der Waals surface area contributed by atoms with Crippen LogP contribution in [0.4, 0.5) is 5.69 Å². The Morgan fingerprint density at radius 2 is 1.92 bits per heavy atom. The molecule has 6 heteroatoms. The van der Waals surface area contributed by atoms with Crippen LogP contribution in [0.15, 0.2) is 48.5 Å². The van der Waals surface area contributed by atoms with Gasteiger partial charge in [0.1, 0.15) is 12.7 Å². The largest absolute Gasteiger partial charge is 0.486 e. The zero-order valence-electron chi connectivity index (χ0n) is 13.4. The summed E-state index contributed by atoms with van der Waals surface area (Å²) in [6.07, 6.45) is -0.113. The van der Waals surface area contributed by atoms with E-state index < -0.39 is 0 Å². The second-order valence-electron chi connectivity index (χ2n) is 5.72. The Kier molecular flexibility index (Phi) is 5.23. The molecule has 3 rings (SSSR count). The van der Waals surface area contributed by atoms with Crippen LogP contribution in [0.5, 0.6) is 11.5 Å². The summed E-state index contributed by atoms with van der Waals surface area (Å²) in [7, 11) is 1.87. The van der Waals surface area contributed by atoms with Gasteiger partial charge in [-0.1, -0.05) is 35.9 Å². The maximum atomic E-state index is 12.1. The van der Waals surface area contributed by atoms with E-state index in [2.05, 4.69) is 5.32 Å². The van der Waals surface area contributed by atoms with Crippen LogP contribution in [0, 0.1) is 0 Å². The Balaban J connectivity index is 1.50. The van der Waals surface area contributed by atoms with E-state index in [0.717, 1.165) is 11.5 Å². The van der Waals surface area contributed by atoms with Crippen molar-refractivity contribution in [2.45, 2.75) is 6.10 Å². The second-order valence-corrected chi connectivity index (χ2v) is 6.13. The zero-order valence-corrected chi connectivity index (χ0v) is 14.1. The monoisotopic (exact) mass is 346 g/mol. The van der Waals surface area contributed by atoms with Crippen molar-refractivity contribution in [3.63, 3.8) is 0 Å². The van der Waals surface area contributed by atoms with Crippen LogP contribution in [0.25, 0.3) is 0 Å². The molecule has 0 spiro atoms. The van der Waals surface area contributed by atoms with Crippen LogP contribution in [0.2, 0.25) is 5.02 Å². The average molecular weight is 347 g/mol. The summed E-state index contributed by atoms with van der Waals surface area (Å²) in [5, 5.41) is 3.33. The molecule has 1 aliphatic rings. The number of hydrogen-bond acceptors (Lipinski definition) is 4. The molecule has 126 valence electrons. The maximum absolute atomic E-state index is 12.1. The molecule has 0 bridgehead atoms. The summed E-state index contributed by atoms with van der Waals surface area (Å²) in [4.78, 5) is 14.0. The molecule has 1 aliphatic heterocycles. The van der Waals surface area contributed by atoms with Crippen LogP contribution >= 0.6 is 11.6 Å². The second kappa shape index (κ2) is 7.55. The number of amides is 1. The number of ether oxygens (including phenoxy) is 2. The fraction of sp³-hybridized carbons (Fsp3) is 0.278. The number of carbonyl (C=O) groups is 1. The molecule has 0 aromatic heterocycles. The van der Waals surface area contributed by atoms with Crippen molar-refractivity contribution in [2.24, 2.45) is 0 Å². The van der Waals surface area contributed by atoms with Gasteiger partial charge in [0, 0.05) is 6.54 Å². The highest BCUT2D eigenvalue weighted by atomic mass is 35.5. The maximum Gasteiger partial charge on any atom is 0.238 e. The van der Waals surface area contributed by atoms with Gasteiger partial charge in [0.25, 0.3) is 0 Å². The Labute approximate surface area is 146 Å². The Morgan fingerprint density at radius 1 is 1.21 bits per heavy atom. The van der Waals surface area contributed by atoms with E-state index in [-0.39, 0.29) is 18.6 Å².